The summed E-state index contributed by atoms with van der Waals surface area (Å²) in [5.41, 5.74) is 4.49. The number of aromatic nitrogens is 4. The summed E-state index contributed by atoms with van der Waals surface area (Å²) < 4.78 is 7.53. The Morgan fingerprint density at radius 3 is 2.66 bits per heavy atom. The molecule has 2 aromatic carbocycles. The number of thiazole rings is 1. The minimum absolute atomic E-state index is 0.659. The Balaban J connectivity index is 1.45. The average Bonchev–Trinajstić information content (AvgIpc) is 3.34. The fraction of sp³-hybridized carbons (Fsp3) is 0.227. The Morgan fingerprint density at radius 2 is 1.90 bits per heavy atom. The van der Waals surface area contributed by atoms with E-state index in [0.717, 1.165) is 38.7 Å². The highest BCUT2D eigenvalue weighted by molar-refractivity contribution is 7.98. The minimum atomic E-state index is 0.659. The van der Waals surface area contributed by atoms with Gasteiger partial charge in [0.15, 0.2) is 11.0 Å². The molecule has 0 aliphatic rings. The van der Waals surface area contributed by atoms with Crippen LogP contribution >= 0.6 is 23.1 Å². The number of hydrogen-bond donors (Lipinski definition) is 0. The van der Waals surface area contributed by atoms with Crippen LogP contribution in [0, 0.1) is 6.92 Å². The van der Waals surface area contributed by atoms with Crippen molar-refractivity contribution in [1.82, 2.24) is 19.7 Å². The lowest BCUT2D eigenvalue weighted by Gasteiger charge is -2.05. The van der Waals surface area contributed by atoms with Crippen LogP contribution in [0.15, 0.2) is 59.1 Å². The summed E-state index contributed by atoms with van der Waals surface area (Å²) >= 11 is 3.33. The van der Waals surface area contributed by atoms with Crippen LogP contribution in [0.3, 0.4) is 0 Å². The number of benzene rings is 2. The first-order chi connectivity index (χ1) is 14.1. The van der Waals surface area contributed by atoms with Gasteiger partial charge in [-0.3, -0.25) is 0 Å². The molecule has 0 saturated carbocycles. The molecule has 0 N–H and O–H groups in total. The highest BCUT2D eigenvalue weighted by Crippen LogP contribution is 2.29. The van der Waals surface area contributed by atoms with E-state index in [1.54, 1.807) is 23.1 Å². The van der Waals surface area contributed by atoms with Gasteiger partial charge in [-0.2, -0.15) is 0 Å². The molecule has 0 radical (unpaired) electrons. The monoisotopic (exact) mass is 422 g/mol. The van der Waals surface area contributed by atoms with E-state index in [9.17, 15) is 0 Å². The molecule has 0 aliphatic carbocycles. The molecule has 0 unspecified atom stereocenters. The molecule has 0 aliphatic heterocycles. The first-order valence-corrected chi connectivity index (χ1v) is 11.3. The molecule has 0 atom stereocenters. The maximum atomic E-state index is 5.51. The molecule has 4 rings (SSSR count). The second-order valence-electron chi connectivity index (χ2n) is 6.62. The van der Waals surface area contributed by atoms with Crippen molar-refractivity contribution in [1.29, 1.82) is 0 Å². The molecule has 7 heteroatoms. The number of ether oxygens (including phenoxy) is 1. The number of hydrogen-bond acceptors (Lipinski definition) is 6. The molecule has 2 aromatic heterocycles. The molecule has 148 valence electrons. The fourth-order valence-electron chi connectivity index (χ4n) is 2.98. The summed E-state index contributed by atoms with van der Waals surface area (Å²) in [6, 6.07) is 16.4. The van der Waals surface area contributed by atoms with Gasteiger partial charge < -0.3 is 9.30 Å². The second-order valence-corrected chi connectivity index (χ2v) is 8.43. The summed E-state index contributed by atoms with van der Waals surface area (Å²) in [5, 5.41) is 12.8. The third-order valence-electron chi connectivity index (χ3n) is 4.42. The normalized spacial score (nSPS) is 11.0. The lowest BCUT2D eigenvalue weighted by Crippen LogP contribution is -1.96. The third kappa shape index (κ3) is 4.52. The van der Waals surface area contributed by atoms with Gasteiger partial charge in [-0.15, -0.1) is 21.5 Å². The second kappa shape index (κ2) is 8.80. The lowest BCUT2D eigenvalue weighted by molar-refractivity contribution is 0.340. The van der Waals surface area contributed by atoms with E-state index >= 15 is 0 Å². The summed E-state index contributed by atoms with van der Waals surface area (Å²) in [6.45, 7) is 4.74. The molecule has 29 heavy (non-hydrogen) atoms. The Hall–Kier alpha value is -2.64. The number of rotatable bonds is 7. The smallest absolute Gasteiger partial charge is 0.191 e. The average molecular weight is 423 g/mol. The first-order valence-electron chi connectivity index (χ1n) is 9.41. The molecule has 5 nitrogen and oxygen atoms in total. The molecule has 0 bridgehead atoms. The lowest BCUT2D eigenvalue weighted by atomic mass is 10.1. The highest BCUT2D eigenvalue weighted by atomic mass is 32.2. The van der Waals surface area contributed by atoms with E-state index in [1.165, 1.54) is 11.1 Å². The largest absolute Gasteiger partial charge is 0.494 e. The number of nitrogens with zero attached hydrogens (tertiary/aromatic N) is 4. The van der Waals surface area contributed by atoms with Crippen LogP contribution in [0.4, 0.5) is 0 Å². The molecule has 4 aromatic rings. The summed E-state index contributed by atoms with van der Waals surface area (Å²) in [6.07, 6.45) is 0. The van der Waals surface area contributed by atoms with Crippen LogP contribution < -0.4 is 4.74 Å². The fourth-order valence-corrected chi connectivity index (χ4v) is 4.71. The Morgan fingerprint density at radius 1 is 1.07 bits per heavy atom. The maximum Gasteiger partial charge on any atom is 0.191 e. The molecular weight excluding hydrogens is 400 g/mol. The van der Waals surface area contributed by atoms with Crippen molar-refractivity contribution in [3.8, 4) is 27.7 Å². The minimum Gasteiger partial charge on any atom is -0.494 e. The first kappa shape index (κ1) is 19.7. The Kier molecular flexibility index (Phi) is 5.97. The molecule has 0 saturated heterocycles. The maximum absolute atomic E-state index is 5.51. The standard InChI is InChI=1S/C22H22N4OS2/c1-4-27-19-10-8-16(9-11-19)20-24-25-22(26(20)3)29-14-18-13-28-21(23-18)17-7-5-6-15(2)12-17/h5-13H,4,14H2,1-3H3. The SMILES string of the molecule is CCOc1ccc(-c2nnc(SCc3csc(-c4cccc(C)c4)n3)n2C)cc1. The zero-order valence-electron chi connectivity index (χ0n) is 16.6. The summed E-state index contributed by atoms with van der Waals surface area (Å²) in [4.78, 5) is 4.78. The summed E-state index contributed by atoms with van der Waals surface area (Å²) in [5.74, 6) is 2.47. The third-order valence-corrected chi connectivity index (χ3v) is 6.42. The van der Waals surface area contributed by atoms with Crippen LogP contribution in [0.1, 0.15) is 18.2 Å². The van der Waals surface area contributed by atoms with Crippen molar-refractivity contribution in [2.45, 2.75) is 24.8 Å². The van der Waals surface area contributed by atoms with Crippen molar-refractivity contribution >= 4 is 23.1 Å². The van der Waals surface area contributed by atoms with Gasteiger partial charge in [0.05, 0.1) is 12.3 Å². The van der Waals surface area contributed by atoms with Gasteiger partial charge in [0.1, 0.15) is 10.8 Å². The van der Waals surface area contributed by atoms with Crippen molar-refractivity contribution in [3.63, 3.8) is 0 Å². The van der Waals surface area contributed by atoms with E-state index in [4.69, 9.17) is 9.72 Å². The topological polar surface area (TPSA) is 52.8 Å². The van der Waals surface area contributed by atoms with Crippen LogP contribution in [-0.2, 0) is 12.8 Å². The van der Waals surface area contributed by atoms with Gasteiger partial charge in [0.2, 0.25) is 0 Å². The van der Waals surface area contributed by atoms with E-state index in [0.29, 0.717) is 6.61 Å². The van der Waals surface area contributed by atoms with Crippen LogP contribution in [-0.4, -0.2) is 26.4 Å². The van der Waals surface area contributed by atoms with Crippen LogP contribution in [0.5, 0.6) is 5.75 Å². The zero-order chi connectivity index (χ0) is 20.2. The van der Waals surface area contributed by atoms with Crippen molar-refractivity contribution in [2.24, 2.45) is 7.05 Å². The Labute approximate surface area is 178 Å². The van der Waals surface area contributed by atoms with Crippen molar-refractivity contribution < 1.29 is 4.74 Å². The van der Waals surface area contributed by atoms with Gasteiger partial charge in [-0.25, -0.2) is 4.98 Å². The van der Waals surface area contributed by atoms with E-state index in [1.807, 2.05) is 42.8 Å². The molecule has 0 amide bonds. The van der Waals surface area contributed by atoms with Crippen molar-refractivity contribution in [2.75, 3.05) is 6.61 Å². The van der Waals surface area contributed by atoms with Crippen molar-refractivity contribution in [3.05, 3.63) is 65.2 Å². The number of thioether (sulfide) groups is 1. The molecule has 0 spiro atoms. The van der Waals surface area contributed by atoms with Gasteiger partial charge >= 0.3 is 0 Å². The molecule has 0 fully saturated rings. The van der Waals surface area contributed by atoms with Gasteiger partial charge in [0.25, 0.3) is 0 Å². The highest BCUT2D eigenvalue weighted by Gasteiger charge is 2.13. The predicted octanol–water partition coefficient (Wildman–Crippen LogP) is 5.61. The molecular formula is C22H22N4OS2. The number of aryl methyl sites for hydroxylation is 1. The van der Waals surface area contributed by atoms with Crippen LogP contribution in [0.2, 0.25) is 0 Å². The van der Waals surface area contributed by atoms with Gasteiger partial charge in [-0.05, 0) is 44.2 Å². The zero-order valence-corrected chi connectivity index (χ0v) is 18.3. The van der Waals surface area contributed by atoms with E-state index < -0.39 is 0 Å². The predicted molar refractivity (Wildman–Crippen MR) is 119 cm³/mol. The van der Waals surface area contributed by atoms with Crippen LogP contribution in [0.25, 0.3) is 22.0 Å². The summed E-state index contributed by atoms with van der Waals surface area (Å²) in [7, 11) is 1.99. The van der Waals surface area contributed by atoms with Gasteiger partial charge in [0, 0.05) is 29.3 Å². The molecule has 2 heterocycles. The van der Waals surface area contributed by atoms with E-state index in [-0.39, 0.29) is 0 Å². The van der Waals surface area contributed by atoms with E-state index in [2.05, 4.69) is 46.8 Å². The quantitative estimate of drug-likeness (QED) is 0.363. The van der Waals surface area contributed by atoms with Gasteiger partial charge in [-0.1, -0.05) is 35.5 Å². The Bertz CT molecular complexity index is 1100.